The van der Waals surface area contributed by atoms with E-state index in [9.17, 15) is 22.2 Å². The van der Waals surface area contributed by atoms with Crippen LogP contribution in [-0.2, 0) is 20.3 Å². The molecule has 4 rings (SSSR count). The molecule has 1 unspecified atom stereocenters. The second-order valence-electron chi connectivity index (χ2n) is 8.16. The summed E-state index contributed by atoms with van der Waals surface area (Å²) in [7, 11) is -3.44. The zero-order valence-corrected chi connectivity index (χ0v) is 20.1. The molecule has 0 radical (unpaired) electrons. The number of aromatic nitrogens is 2. The number of fused-ring (bicyclic) bond motifs is 6. The predicted octanol–water partition coefficient (Wildman–Crippen LogP) is 3.06. The van der Waals surface area contributed by atoms with E-state index in [0.29, 0.717) is 23.4 Å². The van der Waals surface area contributed by atoms with E-state index in [1.807, 2.05) is 0 Å². The highest BCUT2D eigenvalue weighted by Crippen LogP contribution is 2.33. The summed E-state index contributed by atoms with van der Waals surface area (Å²) in [6.07, 6.45) is 2.35. The molecule has 1 aliphatic rings. The molecule has 1 aliphatic heterocycles. The molecule has 37 heavy (non-hydrogen) atoms. The van der Waals surface area contributed by atoms with Gasteiger partial charge in [-0.15, -0.1) is 0 Å². The SMILES string of the molecule is CS(=O)(Cc1cc2cc(c1)OCCCOc1cc(F)ccc1-c1nc(ncc1F)N2)=NC(=O)C(O)(O)F. The van der Waals surface area contributed by atoms with Crippen molar-refractivity contribution >= 4 is 27.3 Å². The van der Waals surface area contributed by atoms with Crippen LogP contribution in [0.1, 0.15) is 12.0 Å². The molecule has 1 amide bonds. The fourth-order valence-corrected chi connectivity index (χ4v) is 4.78. The van der Waals surface area contributed by atoms with Crippen molar-refractivity contribution < 1.29 is 41.9 Å². The van der Waals surface area contributed by atoms with Crippen LogP contribution in [0.25, 0.3) is 11.3 Å². The van der Waals surface area contributed by atoms with E-state index < -0.39 is 33.3 Å². The van der Waals surface area contributed by atoms with Crippen molar-refractivity contribution in [2.24, 2.45) is 4.36 Å². The van der Waals surface area contributed by atoms with E-state index in [0.717, 1.165) is 24.6 Å². The first-order chi connectivity index (χ1) is 17.4. The molecule has 0 aliphatic carbocycles. The van der Waals surface area contributed by atoms with Gasteiger partial charge in [0.2, 0.25) is 5.95 Å². The number of carbonyl (C=O) groups excluding carboxylic acids is 1. The Labute approximate surface area is 209 Å². The maximum Gasteiger partial charge on any atom is 0.400 e. The summed E-state index contributed by atoms with van der Waals surface area (Å²) in [5.74, 6) is -3.34. The lowest BCUT2D eigenvalue weighted by Gasteiger charge is -2.16. The Morgan fingerprint density at radius 2 is 1.95 bits per heavy atom. The maximum absolute atomic E-state index is 14.7. The normalized spacial score (nSPS) is 15.1. The van der Waals surface area contributed by atoms with Crippen LogP contribution in [0.15, 0.2) is 47.0 Å². The Balaban J connectivity index is 1.74. The highest BCUT2D eigenvalue weighted by molar-refractivity contribution is 7.92. The molecule has 196 valence electrons. The van der Waals surface area contributed by atoms with Crippen LogP contribution in [0.3, 0.4) is 0 Å². The molecule has 1 aromatic heterocycles. The van der Waals surface area contributed by atoms with Gasteiger partial charge in [-0.2, -0.15) is 8.75 Å². The molecule has 14 heteroatoms. The third kappa shape index (κ3) is 6.72. The minimum atomic E-state index is -4.24. The Morgan fingerprint density at radius 1 is 1.19 bits per heavy atom. The summed E-state index contributed by atoms with van der Waals surface area (Å²) in [6.45, 7) is 0.269. The summed E-state index contributed by atoms with van der Waals surface area (Å²) in [5, 5.41) is 20.4. The molecule has 0 saturated heterocycles. The van der Waals surface area contributed by atoms with Crippen molar-refractivity contribution in [3.05, 3.63) is 59.8 Å². The quantitative estimate of drug-likeness (QED) is 0.429. The number of hydrogen-bond donors (Lipinski definition) is 3. The van der Waals surface area contributed by atoms with Gasteiger partial charge in [0, 0.05) is 36.1 Å². The molecule has 3 N–H and O–H groups in total. The summed E-state index contributed by atoms with van der Waals surface area (Å²) in [6, 6.07) is 3.95. The largest absolute Gasteiger partial charge is 0.493 e. The average molecular weight is 539 g/mol. The van der Waals surface area contributed by atoms with E-state index in [4.69, 9.17) is 19.7 Å². The van der Waals surface area contributed by atoms with Crippen LogP contribution in [-0.4, -0.2) is 55.8 Å². The number of hydrogen-bond acceptors (Lipinski definition) is 9. The van der Waals surface area contributed by atoms with Gasteiger partial charge in [0.25, 0.3) is 0 Å². The van der Waals surface area contributed by atoms with Gasteiger partial charge in [0.05, 0.1) is 34.9 Å². The number of nitrogens with one attached hydrogen (secondary N) is 1. The van der Waals surface area contributed by atoms with Crippen LogP contribution >= 0.6 is 0 Å². The zero-order chi connectivity index (χ0) is 26.8. The van der Waals surface area contributed by atoms with Crippen molar-refractivity contribution in [1.82, 2.24) is 9.97 Å². The Hall–Kier alpha value is -3.75. The Bertz CT molecular complexity index is 1470. The lowest BCUT2D eigenvalue weighted by atomic mass is 10.1. The van der Waals surface area contributed by atoms with Gasteiger partial charge in [0.1, 0.15) is 23.0 Å². The number of rotatable bonds is 3. The number of carbonyl (C=O) groups is 1. The second-order valence-corrected chi connectivity index (χ2v) is 10.5. The fourth-order valence-electron chi connectivity index (χ4n) is 3.46. The number of ether oxygens (including phenoxy) is 2. The molecule has 0 spiro atoms. The first kappa shape index (κ1) is 26.3. The van der Waals surface area contributed by atoms with Gasteiger partial charge in [0.15, 0.2) is 5.82 Å². The topological polar surface area (TPSA) is 143 Å². The van der Waals surface area contributed by atoms with Crippen LogP contribution < -0.4 is 14.8 Å². The van der Waals surface area contributed by atoms with Gasteiger partial charge in [-0.1, -0.05) is 0 Å². The first-order valence-electron chi connectivity index (χ1n) is 10.8. The van der Waals surface area contributed by atoms with Crippen LogP contribution in [0, 0.1) is 11.6 Å². The van der Waals surface area contributed by atoms with E-state index in [-0.39, 0.29) is 41.9 Å². The van der Waals surface area contributed by atoms with Crippen LogP contribution in [0.4, 0.5) is 24.8 Å². The standard InChI is InChI=1S/C23H21F3N4O6S/c1-37(34,30-21(31)23(26,32)33)12-13-7-15-10-16(8-13)35-5-2-6-36-19-9-14(24)3-4-17(19)20-18(25)11-27-22(28-15)29-20/h3-4,7-11,32-33H,2,5-6,12H2,1H3,(H,27,28,29). The molecular formula is C23H21F3N4O6S. The smallest absolute Gasteiger partial charge is 0.400 e. The lowest BCUT2D eigenvalue weighted by molar-refractivity contribution is -0.242. The number of amides is 1. The fraction of sp³-hybridized carbons (Fsp3) is 0.261. The number of alkyl halides is 1. The predicted molar refractivity (Wildman–Crippen MR) is 126 cm³/mol. The monoisotopic (exact) mass is 538 g/mol. The summed E-state index contributed by atoms with van der Waals surface area (Å²) in [4.78, 5) is 19.6. The molecule has 4 bridgehead atoms. The average Bonchev–Trinajstić information content (AvgIpc) is 2.78. The van der Waals surface area contributed by atoms with Crippen molar-refractivity contribution in [3.63, 3.8) is 0 Å². The van der Waals surface area contributed by atoms with E-state index in [2.05, 4.69) is 19.6 Å². The van der Waals surface area contributed by atoms with Crippen molar-refractivity contribution in [2.45, 2.75) is 18.2 Å². The summed E-state index contributed by atoms with van der Waals surface area (Å²) in [5.41, 5.74) is 0.749. The summed E-state index contributed by atoms with van der Waals surface area (Å²) < 4.78 is 68.8. The third-order valence-electron chi connectivity index (χ3n) is 4.96. The van der Waals surface area contributed by atoms with Crippen LogP contribution in [0.5, 0.6) is 11.5 Å². The molecular weight excluding hydrogens is 517 g/mol. The number of benzene rings is 2. The van der Waals surface area contributed by atoms with E-state index in [1.165, 1.54) is 18.2 Å². The minimum Gasteiger partial charge on any atom is -0.493 e. The van der Waals surface area contributed by atoms with Crippen molar-refractivity contribution in [2.75, 3.05) is 24.8 Å². The first-order valence-corrected chi connectivity index (χ1v) is 12.9. The number of aliphatic hydroxyl groups is 2. The van der Waals surface area contributed by atoms with Gasteiger partial charge in [-0.25, -0.2) is 23.0 Å². The van der Waals surface area contributed by atoms with Crippen molar-refractivity contribution in [3.8, 4) is 22.8 Å². The van der Waals surface area contributed by atoms with E-state index >= 15 is 0 Å². The third-order valence-corrected chi connectivity index (χ3v) is 6.38. The van der Waals surface area contributed by atoms with Gasteiger partial charge < -0.3 is 25.0 Å². The molecule has 1 atom stereocenters. The molecule has 0 saturated carbocycles. The number of nitrogens with zero attached hydrogens (tertiary/aromatic N) is 3. The highest BCUT2D eigenvalue weighted by atomic mass is 32.2. The van der Waals surface area contributed by atoms with Crippen LogP contribution in [0.2, 0.25) is 0 Å². The second kappa shape index (κ2) is 10.3. The van der Waals surface area contributed by atoms with Gasteiger partial charge in [-0.05, 0) is 29.8 Å². The van der Waals surface area contributed by atoms with Gasteiger partial charge >= 0.3 is 11.9 Å². The number of halogens is 3. The minimum absolute atomic E-state index is 0.0355. The van der Waals surface area contributed by atoms with Crippen molar-refractivity contribution in [1.29, 1.82) is 0 Å². The summed E-state index contributed by atoms with van der Waals surface area (Å²) >= 11 is 0. The zero-order valence-electron chi connectivity index (χ0n) is 19.3. The molecule has 10 nitrogen and oxygen atoms in total. The lowest BCUT2D eigenvalue weighted by Crippen LogP contribution is -2.32. The van der Waals surface area contributed by atoms with Gasteiger partial charge in [-0.3, -0.25) is 4.79 Å². The Kier molecular flexibility index (Phi) is 7.34. The Morgan fingerprint density at radius 3 is 2.70 bits per heavy atom. The number of anilines is 2. The molecule has 2 aromatic carbocycles. The molecule has 2 heterocycles. The maximum atomic E-state index is 14.7. The van der Waals surface area contributed by atoms with E-state index in [1.54, 1.807) is 6.07 Å². The highest BCUT2D eigenvalue weighted by Gasteiger charge is 2.34. The molecule has 3 aromatic rings. The molecule has 0 fully saturated rings.